The second kappa shape index (κ2) is 13.4. The van der Waals surface area contributed by atoms with E-state index < -0.39 is 45.8 Å². The van der Waals surface area contributed by atoms with Crippen LogP contribution in [0.4, 0.5) is 10.5 Å². The summed E-state index contributed by atoms with van der Waals surface area (Å²) < 4.78 is 40.0. The van der Waals surface area contributed by atoms with Crippen LogP contribution in [0, 0.1) is 16.0 Å². The van der Waals surface area contributed by atoms with E-state index in [1.165, 1.54) is 0 Å². The topological polar surface area (TPSA) is 177 Å². The van der Waals surface area contributed by atoms with E-state index in [4.69, 9.17) is 9.47 Å². The summed E-state index contributed by atoms with van der Waals surface area (Å²) in [6, 6.07) is 12.2. The average Bonchev–Trinajstić information content (AvgIpc) is 3.72. The lowest BCUT2D eigenvalue weighted by Crippen LogP contribution is -2.52. The molecule has 0 aromatic heterocycles. The number of nitro benzene ring substituents is 1. The average molecular weight is 617 g/mol. The molecule has 2 heterocycles. The molecule has 1 aliphatic carbocycles. The van der Waals surface area contributed by atoms with Crippen LogP contribution in [0.1, 0.15) is 37.7 Å². The number of amides is 2. The van der Waals surface area contributed by atoms with E-state index in [1.54, 1.807) is 0 Å². The third-order valence-corrected chi connectivity index (χ3v) is 10.2. The van der Waals surface area contributed by atoms with Crippen LogP contribution in [0.3, 0.4) is 0 Å². The highest BCUT2D eigenvalue weighted by molar-refractivity contribution is 7.89. The Hall–Kier alpha value is -3.59. The number of carbonyl (C=O) groups excluding carboxylic acids is 2. The fourth-order valence-corrected chi connectivity index (χ4v) is 7.61. The molecule has 3 fully saturated rings. The van der Waals surface area contributed by atoms with Gasteiger partial charge in [0.1, 0.15) is 6.10 Å². The Labute approximate surface area is 249 Å². The van der Waals surface area contributed by atoms with Gasteiger partial charge in [0.25, 0.3) is 5.69 Å². The van der Waals surface area contributed by atoms with Gasteiger partial charge in [-0.05, 0) is 49.8 Å². The lowest BCUT2D eigenvalue weighted by atomic mass is 10.0. The lowest BCUT2D eigenvalue weighted by Gasteiger charge is -2.31. The molecule has 232 valence electrons. The van der Waals surface area contributed by atoms with Gasteiger partial charge in [-0.25, -0.2) is 13.2 Å². The van der Waals surface area contributed by atoms with Crippen molar-refractivity contribution in [3.63, 3.8) is 0 Å². The van der Waals surface area contributed by atoms with Crippen LogP contribution < -0.4 is 10.6 Å². The van der Waals surface area contributed by atoms with Crippen LogP contribution in [-0.4, -0.2) is 84.8 Å². The molecule has 2 unspecified atom stereocenters. The number of ether oxygens (including phenoxy) is 2. The normalized spacial score (nSPS) is 24.7. The summed E-state index contributed by atoms with van der Waals surface area (Å²) in [6.45, 7) is 0.0912. The van der Waals surface area contributed by atoms with Crippen molar-refractivity contribution in [2.75, 3.05) is 19.7 Å². The number of sulfonamides is 1. The van der Waals surface area contributed by atoms with Crippen LogP contribution in [0.2, 0.25) is 0 Å². The number of aliphatic hydroxyl groups is 1. The van der Waals surface area contributed by atoms with Gasteiger partial charge in [0.2, 0.25) is 15.9 Å². The summed E-state index contributed by atoms with van der Waals surface area (Å²) in [4.78, 5) is 35.2. The van der Waals surface area contributed by atoms with E-state index in [2.05, 4.69) is 10.6 Å². The zero-order valence-corrected chi connectivity index (χ0v) is 24.4. The number of nitro groups is 1. The Morgan fingerprint density at radius 3 is 2.56 bits per heavy atom. The standard InChI is InChI=1S/C29H36N4O9S/c34-25(18-32(17-20-6-13-28(35)30-20)43(39,40)22-9-7-21(8-10-22)33(37)38)24(16-19-4-2-1-3-5-19)31-29(36)42-27-12-11-26-23(27)14-15-41-26/h1-5,7-10,20,23-27,34H,6,11-18H2,(H,30,35)(H,31,36)/t20?,23-,24+,25-,26-,27?/m1/s1. The fourth-order valence-electron chi connectivity index (χ4n) is 6.11. The number of non-ortho nitro benzene ring substituents is 1. The highest BCUT2D eigenvalue weighted by atomic mass is 32.2. The minimum Gasteiger partial charge on any atom is -0.446 e. The number of aliphatic hydroxyl groups excluding tert-OH is 1. The predicted molar refractivity (Wildman–Crippen MR) is 153 cm³/mol. The molecule has 2 aromatic rings. The quantitative estimate of drug-likeness (QED) is 0.238. The van der Waals surface area contributed by atoms with Crippen molar-refractivity contribution >= 4 is 27.7 Å². The first-order valence-electron chi connectivity index (χ1n) is 14.4. The molecule has 2 saturated heterocycles. The van der Waals surface area contributed by atoms with Crippen molar-refractivity contribution in [2.24, 2.45) is 5.92 Å². The minimum absolute atomic E-state index is 0.0813. The van der Waals surface area contributed by atoms with Crippen molar-refractivity contribution in [1.82, 2.24) is 14.9 Å². The predicted octanol–water partition coefficient (Wildman–Crippen LogP) is 2.13. The molecular weight excluding hydrogens is 580 g/mol. The molecule has 13 nitrogen and oxygen atoms in total. The third-order valence-electron chi connectivity index (χ3n) is 8.38. The molecule has 0 bridgehead atoms. The van der Waals surface area contributed by atoms with Crippen LogP contribution >= 0.6 is 0 Å². The number of nitrogens with zero attached hydrogens (tertiary/aromatic N) is 2. The molecule has 2 amide bonds. The second-order valence-electron chi connectivity index (χ2n) is 11.3. The van der Waals surface area contributed by atoms with Crippen molar-refractivity contribution in [3.05, 3.63) is 70.3 Å². The molecule has 43 heavy (non-hydrogen) atoms. The number of fused-ring (bicyclic) bond motifs is 1. The van der Waals surface area contributed by atoms with Gasteiger partial charge in [0, 0.05) is 50.2 Å². The van der Waals surface area contributed by atoms with Gasteiger partial charge < -0.3 is 25.2 Å². The van der Waals surface area contributed by atoms with Crippen molar-refractivity contribution in [2.45, 2.75) is 73.8 Å². The summed E-state index contributed by atoms with van der Waals surface area (Å²) >= 11 is 0. The highest BCUT2D eigenvalue weighted by Gasteiger charge is 2.43. The number of nitrogens with one attached hydrogen (secondary N) is 2. The Kier molecular flexibility index (Phi) is 9.59. The SMILES string of the molecule is O=C1CCC(CN(C[C@@H](O)[C@H](Cc2ccccc2)NC(=O)OC2CC[C@H]3OCC[C@@H]23)S(=O)(=O)c2ccc([N+](=O)[O-])cc2)N1. The van der Waals surface area contributed by atoms with E-state index in [0.29, 0.717) is 19.4 Å². The van der Waals surface area contributed by atoms with E-state index in [9.17, 15) is 33.2 Å². The van der Waals surface area contributed by atoms with Gasteiger partial charge in [0.15, 0.2) is 0 Å². The fraction of sp³-hybridized carbons (Fsp3) is 0.517. The maximum Gasteiger partial charge on any atom is 0.407 e. The summed E-state index contributed by atoms with van der Waals surface area (Å²) in [6.07, 6.45) is 0.867. The molecule has 6 atom stereocenters. The monoisotopic (exact) mass is 616 g/mol. The van der Waals surface area contributed by atoms with Gasteiger partial charge >= 0.3 is 6.09 Å². The zero-order chi connectivity index (χ0) is 30.6. The Balaban J connectivity index is 1.35. The maximum atomic E-state index is 13.8. The first-order valence-corrected chi connectivity index (χ1v) is 15.9. The Morgan fingerprint density at radius 1 is 1.14 bits per heavy atom. The van der Waals surface area contributed by atoms with Gasteiger partial charge in [0.05, 0.1) is 28.1 Å². The van der Waals surface area contributed by atoms with E-state index >= 15 is 0 Å². The van der Waals surface area contributed by atoms with Gasteiger partial charge in [-0.1, -0.05) is 30.3 Å². The second-order valence-corrected chi connectivity index (χ2v) is 13.2. The van der Waals surface area contributed by atoms with E-state index in [1.807, 2.05) is 30.3 Å². The Bertz CT molecular complexity index is 1410. The van der Waals surface area contributed by atoms with Gasteiger partial charge in [-0.15, -0.1) is 0 Å². The van der Waals surface area contributed by atoms with Crippen LogP contribution in [0.25, 0.3) is 0 Å². The molecule has 2 aliphatic heterocycles. The maximum absolute atomic E-state index is 13.8. The lowest BCUT2D eigenvalue weighted by molar-refractivity contribution is -0.384. The van der Waals surface area contributed by atoms with Gasteiger partial charge in [-0.2, -0.15) is 4.31 Å². The molecule has 3 aliphatic rings. The van der Waals surface area contributed by atoms with Gasteiger partial charge in [-0.3, -0.25) is 14.9 Å². The molecule has 3 N–H and O–H groups in total. The molecule has 0 radical (unpaired) electrons. The summed E-state index contributed by atoms with van der Waals surface area (Å²) in [7, 11) is -4.27. The highest BCUT2D eigenvalue weighted by Crippen LogP contribution is 2.37. The number of benzene rings is 2. The summed E-state index contributed by atoms with van der Waals surface area (Å²) in [5.41, 5.74) is 0.543. The molecule has 2 aromatic carbocycles. The van der Waals surface area contributed by atoms with E-state index in [0.717, 1.165) is 47.0 Å². The largest absolute Gasteiger partial charge is 0.446 e. The minimum atomic E-state index is -4.27. The van der Waals surface area contributed by atoms with Crippen LogP contribution in [-0.2, 0) is 30.7 Å². The molecule has 0 spiro atoms. The van der Waals surface area contributed by atoms with Crippen molar-refractivity contribution < 1.29 is 37.5 Å². The molecule has 5 rings (SSSR count). The number of carbonyl (C=O) groups is 2. The smallest absolute Gasteiger partial charge is 0.407 e. The number of alkyl carbamates (subject to hydrolysis) is 1. The molecule has 14 heteroatoms. The third kappa shape index (κ3) is 7.50. The number of hydrogen-bond donors (Lipinski definition) is 3. The van der Waals surface area contributed by atoms with Crippen LogP contribution in [0.5, 0.6) is 0 Å². The van der Waals surface area contributed by atoms with E-state index in [-0.39, 0.29) is 54.0 Å². The first kappa shape index (κ1) is 30.9. The summed E-state index contributed by atoms with van der Waals surface area (Å²) in [5, 5.41) is 28.1. The molecule has 1 saturated carbocycles. The first-order chi connectivity index (χ1) is 20.6. The number of rotatable bonds is 12. The van der Waals surface area contributed by atoms with Crippen molar-refractivity contribution in [1.29, 1.82) is 0 Å². The number of hydrogen-bond acceptors (Lipinski definition) is 9. The van der Waals surface area contributed by atoms with Crippen molar-refractivity contribution in [3.8, 4) is 0 Å². The zero-order valence-electron chi connectivity index (χ0n) is 23.5. The summed E-state index contributed by atoms with van der Waals surface area (Å²) in [5.74, 6) is -0.0707. The Morgan fingerprint density at radius 2 is 1.88 bits per heavy atom. The molecular formula is C29H36N4O9S. The van der Waals surface area contributed by atoms with Crippen LogP contribution in [0.15, 0.2) is 59.5 Å².